The molecule has 11 rings (SSSR count). The predicted molar refractivity (Wildman–Crippen MR) is 247 cm³/mol. The van der Waals surface area contributed by atoms with E-state index in [1.807, 2.05) is 0 Å². The Kier molecular flexibility index (Phi) is 8.08. The van der Waals surface area contributed by atoms with Crippen molar-refractivity contribution in [2.45, 2.75) is 32.1 Å². The number of nitrogens with zero attached hydrogens (tertiary/aromatic N) is 2. The zero-order chi connectivity index (χ0) is 38.8. The van der Waals surface area contributed by atoms with Gasteiger partial charge in [-0.3, -0.25) is 0 Å². The van der Waals surface area contributed by atoms with Crippen LogP contribution in [0, 0.1) is 5.92 Å². The van der Waals surface area contributed by atoms with Gasteiger partial charge < -0.3 is 9.13 Å². The summed E-state index contributed by atoms with van der Waals surface area (Å²) in [6, 6.07) is 60.6. The van der Waals surface area contributed by atoms with Crippen molar-refractivity contribution in [3.63, 3.8) is 0 Å². The van der Waals surface area contributed by atoms with E-state index in [0.717, 1.165) is 12.8 Å². The molecular formula is C56H44N2. The molecule has 2 aromatic heterocycles. The summed E-state index contributed by atoms with van der Waals surface area (Å²) < 4.78 is 4.79. The third-order valence-electron chi connectivity index (χ3n) is 12.6. The van der Waals surface area contributed by atoms with E-state index in [9.17, 15) is 0 Å². The molecule has 0 fully saturated rings. The molecule has 0 saturated heterocycles. The van der Waals surface area contributed by atoms with E-state index in [0.29, 0.717) is 5.92 Å². The van der Waals surface area contributed by atoms with E-state index in [-0.39, 0.29) is 5.41 Å². The summed E-state index contributed by atoms with van der Waals surface area (Å²) in [5, 5.41) is 5.13. The highest BCUT2D eigenvalue weighted by Crippen LogP contribution is 2.42. The summed E-state index contributed by atoms with van der Waals surface area (Å²) in [6.45, 7) is 4.73. The number of hydrogen-bond acceptors (Lipinski definition) is 0. The fraction of sp³-hybridized carbons (Fsp3) is 0.107. The molecule has 0 radical (unpaired) electrons. The lowest BCUT2D eigenvalue weighted by Crippen LogP contribution is -2.21. The van der Waals surface area contributed by atoms with Crippen LogP contribution in [-0.4, -0.2) is 9.13 Å². The first-order valence-electron chi connectivity index (χ1n) is 20.6. The lowest BCUT2D eigenvalue weighted by molar-refractivity contribution is 0.602. The Morgan fingerprint density at radius 2 is 1.00 bits per heavy atom. The Labute approximate surface area is 340 Å². The van der Waals surface area contributed by atoms with Crippen molar-refractivity contribution in [3.8, 4) is 22.5 Å². The quantitative estimate of drug-likeness (QED) is 0.160. The van der Waals surface area contributed by atoms with E-state index < -0.39 is 0 Å². The van der Waals surface area contributed by atoms with Gasteiger partial charge in [0, 0.05) is 38.3 Å². The average molecular weight is 745 g/mol. The molecule has 7 aromatic carbocycles. The zero-order valence-electron chi connectivity index (χ0n) is 32.9. The van der Waals surface area contributed by atoms with Crippen LogP contribution >= 0.6 is 0 Å². The van der Waals surface area contributed by atoms with Crippen molar-refractivity contribution < 1.29 is 0 Å². The van der Waals surface area contributed by atoms with Crippen molar-refractivity contribution in [3.05, 3.63) is 217 Å². The highest BCUT2D eigenvalue weighted by molar-refractivity contribution is 6.10. The highest BCUT2D eigenvalue weighted by Gasteiger charge is 2.28. The van der Waals surface area contributed by atoms with Crippen LogP contribution < -0.4 is 0 Å². The van der Waals surface area contributed by atoms with Crippen molar-refractivity contribution in [2.75, 3.05) is 0 Å². The maximum Gasteiger partial charge on any atom is 0.0541 e. The minimum absolute atomic E-state index is 0.181. The molecule has 2 unspecified atom stereocenters. The molecule has 0 spiro atoms. The number of hydrogen-bond donors (Lipinski definition) is 0. The monoisotopic (exact) mass is 744 g/mol. The van der Waals surface area contributed by atoms with E-state index in [4.69, 9.17) is 0 Å². The molecule has 0 amide bonds. The van der Waals surface area contributed by atoms with E-state index in [1.165, 1.54) is 93.9 Å². The van der Waals surface area contributed by atoms with Gasteiger partial charge in [-0.05, 0) is 112 Å². The second kappa shape index (κ2) is 13.6. The Bertz CT molecular complexity index is 3070. The average Bonchev–Trinajstić information content (AvgIpc) is 3.80. The van der Waals surface area contributed by atoms with Crippen LogP contribution in [0.5, 0.6) is 0 Å². The normalized spacial score (nSPS) is 18.0. The molecule has 0 saturated carbocycles. The highest BCUT2D eigenvalue weighted by atomic mass is 15.0. The third kappa shape index (κ3) is 5.71. The summed E-state index contributed by atoms with van der Waals surface area (Å²) >= 11 is 0. The molecule has 9 aromatic rings. The van der Waals surface area contributed by atoms with E-state index >= 15 is 0 Å². The van der Waals surface area contributed by atoms with Crippen LogP contribution in [0.15, 0.2) is 200 Å². The maximum absolute atomic E-state index is 2.51. The Balaban J connectivity index is 0.976. The summed E-state index contributed by atoms with van der Waals surface area (Å²) in [6.07, 6.45) is 16.0. The molecule has 278 valence electrons. The first kappa shape index (κ1) is 34.4. The van der Waals surface area contributed by atoms with Gasteiger partial charge >= 0.3 is 0 Å². The van der Waals surface area contributed by atoms with Crippen LogP contribution in [0.3, 0.4) is 0 Å². The minimum atomic E-state index is -0.181. The first-order valence-corrected chi connectivity index (χ1v) is 20.6. The van der Waals surface area contributed by atoms with Gasteiger partial charge in [-0.25, -0.2) is 0 Å². The van der Waals surface area contributed by atoms with E-state index in [1.54, 1.807) is 0 Å². The third-order valence-corrected chi connectivity index (χ3v) is 12.6. The number of rotatable bonds is 6. The topological polar surface area (TPSA) is 9.86 Å². The summed E-state index contributed by atoms with van der Waals surface area (Å²) in [5.74, 6) is 0.516. The maximum atomic E-state index is 2.51. The molecule has 2 heteroatoms. The Hall–Kier alpha value is -6.90. The lowest BCUT2D eigenvalue weighted by atomic mass is 9.73. The van der Waals surface area contributed by atoms with Gasteiger partial charge in [0.15, 0.2) is 0 Å². The molecule has 0 bridgehead atoms. The van der Waals surface area contributed by atoms with Crippen LogP contribution in [-0.2, 0) is 5.41 Å². The fourth-order valence-corrected chi connectivity index (χ4v) is 9.64. The summed E-state index contributed by atoms with van der Waals surface area (Å²) in [4.78, 5) is 0. The molecule has 0 aliphatic heterocycles. The number of para-hydroxylation sites is 4. The summed E-state index contributed by atoms with van der Waals surface area (Å²) in [7, 11) is 0. The van der Waals surface area contributed by atoms with Crippen LogP contribution in [0.2, 0.25) is 0 Å². The van der Waals surface area contributed by atoms with Gasteiger partial charge in [0.2, 0.25) is 0 Å². The van der Waals surface area contributed by atoms with Gasteiger partial charge in [-0.2, -0.15) is 0 Å². The Morgan fingerprint density at radius 1 is 0.517 bits per heavy atom. The van der Waals surface area contributed by atoms with Gasteiger partial charge in [0.1, 0.15) is 0 Å². The van der Waals surface area contributed by atoms with Crippen LogP contribution in [0.25, 0.3) is 77.3 Å². The van der Waals surface area contributed by atoms with Crippen LogP contribution in [0.1, 0.15) is 43.4 Å². The van der Waals surface area contributed by atoms with Gasteiger partial charge in [0.05, 0.1) is 22.1 Å². The van der Waals surface area contributed by atoms with Crippen LogP contribution in [0.4, 0.5) is 0 Å². The largest absolute Gasteiger partial charge is 0.309 e. The summed E-state index contributed by atoms with van der Waals surface area (Å²) in [5.41, 5.74) is 16.1. The lowest BCUT2D eigenvalue weighted by Gasteiger charge is -2.31. The van der Waals surface area contributed by atoms with Gasteiger partial charge in [-0.15, -0.1) is 0 Å². The Morgan fingerprint density at radius 3 is 1.52 bits per heavy atom. The standard InChI is InChI=1S/C56H44N2/c1-38-13-11-14-41(33-38)44-34-43(40-26-30-47(31-27-40)58-54-22-9-5-18-50(54)51-19-6-10-23-55(51)58)35-45(36-44)56(2)32-12-15-42(37-56)39-24-28-46(29-25-39)57-52-20-7-3-16-48(52)49-17-4-8-21-53(49)57/h3-31,34-38H,32-33H2,1-2H3. The van der Waals surface area contributed by atoms with Gasteiger partial charge in [0.25, 0.3) is 0 Å². The fourth-order valence-electron chi connectivity index (χ4n) is 9.64. The van der Waals surface area contributed by atoms with E-state index in [2.05, 4.69) is 223 Å². The molecule has 2 aliphatic carbocycles. The van der Waals surface area contributed by atoms with Crippen molar-refractivity contribution in [1.82, 2.24) is 9.13 Å². The SMILES string of the molecule is CC1C=CC=C(c2cc(-c3ccc(-n4c5ccccc5c5ccccc54)cc3)cc(C3(C)C=C(c4ccc(-n5c6ccccc6c6ccccc65)cc4)C=CC3)c2)C1. The molecule has 0 N–H and O–H groups in total. The first-order chi connectivity index (χ1) is 28.5. The second-order valence-corrected chi connectivity index (χ2v) is 16.5. The molecule has 2 nitrogen and oxygen atoms in total. The number of fused-ring (bicyclic) bond motifs is 6. The number of allylic oxidation sites excluding steroid dienone is 8. The number of benzene rings is 7. The van der Waals surface area contributed by atoms with Crippen molar-refractivity contribution in [1.29, 1.82) is 0 Å². The predicted octanol–water partition coefficient (Wildman–Crippen LogP) is 14.8. The van der Waals surface area contributed by atoms with Gasteiger partial charge in [-0.1, -0.05) is 159 Å². The molecule has 2 aliphatic rings. The minimum Gasteiger partial charge on any atom is -0.309 e. The molecule has 2 heterocycles. The molecular weight excluding hydrogens is 701 g/mol. The van der Waals surface area contributed by atoms with Crippen molar-refractivity contribution in [2.24, 2.45) is 5.92 Å². The second-order valence-electron chi connectivity index (χ2n) is 16.5. The van der Waals surface area contributed by atoms with Crippen molar-refractivity contribution >= 4 is 54.8 Å². The zero-order valence-corrected chi connectivity index (χ0v) is 32.9. The smallest absolute Gasteiger partial charge is 0.0541 e. The molecule has 2 atom stereocenters. The molecule has 58 heavy (non-hydrogen) atoms. The number of aromatic nitrogens is 2.